The fourth-order valence-corrected chi connectivity index (χ4v) is 4.33. The Hall–Kier alpha value is -3.77. The number of pyridine rings is 1. The molecule has 0 radical (unpaired) electrons. The smallest absolute Gasteiger partial charge is 0.377 e. The number of amides is 2. The van der Waals surface area contributed by atoms with Gasteiger partial charge in [0.2, 0.25) is 0 Å². The van der Waals surface area contributed by atoms with Gasteiger partial charge in [-0.15, -0.1) is 0 Å². The number of anilines is 2. The number of fused-ring (bicyclic) bond motifs is 1. The molecule has 1 aromatic heterocycles. The fraction of sp³-hybridized carbons (Fsp3) is 0.208. The molecule has 0 aliphatic carbocycles. The molecule has 0 bridgehead atoms. The van der Waals surface area contributed by atoms with Crippen LogP contribution < -0.4 is 16.0 Å². The molecule has 37 heavy (non-hydrogen) atoms. The van der Waals surface area contributed by atoms with Crippen molar-refractivity contribution in [2.45, 2.75) is 18.3 Å². The van der Waals surface area contributed by atoms with Crippen molar-refractivity contribution in [3.8, 4) is 0 Å². The van der Waals surface area contributed by atoms with Gasteiger partial charge in [0.1, 0.15) is 17.5 Å². The lowest BCUT2D eigenvalue weighted by Crippen LogP contribution is -2.41. The molecule has 1 unspecified atom stereocenters. The van der Waals surface area contributed by atoms with Crippen LogP contribution >= 0.6 is 11.6 Å². The second kappa shape index (κ2) is 9.27. The number of hydrogen-bond acceptors (Lipinski definition) is 5. The molecule has 2 aliphatic rings. The fourth-order valence-electron chi connectivity index (χ4n) is 4.10. The summed E-state index contributed by atoms with van der Waals surface area (Å²) in [6, 6.07) is 3.80. The van der Waals surface area contributed by atoms with Gasteiger partial charge in [-0.1, -0.05) is 11.6 Å². The van der Waals surface area contributed by atoms with E-state index >= 15 is 0 Å². The second-order valence-electron chi connectivity index (χ2n) is 8.44. The summed E-state index contributed by atoms with van der Waals surface area (Å²) in [5.41, 5.74) is -1.63. The summed E-state index contributed by atoms with van der Waals surface area (Å²) in [5, 5.41) is 8.27. The molecule has 0 spiro atoms. The van der Waals surface area contributed by atoms with Crippen molar-refractivity contribution >= 4 is 34.9 Å². The van der Waals surface area contributed by atoms with Crippen LogP contribution in [-0.2, 0) is 10.9 Å². The number of rotatable bonds is 5. The van der Waals surface area contributed by atoms with Gasteiger partial charge in [0.05, 0.1) is 48.3 Å². The van der Waals surface area contributed by atoms with Crippen molar-refractivity contribution in [3.63, 3.8) is 0 Å². The molecule has 5 rings (SSSR count). The number of carbonyl (C=O) groups is 2. The molecule has 3 aromatic rings. The third-order valence-corrected chi connectivity index (χ3v) is 6.24. The molecule has 2 aliphatic heterocycles. The van der Waals surface area contributed by atoms with E-state index in [9.17, 15) is 31.5 Å². The molecule has 2 amide bonds. The van der Waals surface area contributed by atoms with Crippen LogP contribution in [0.25, 0.3) is 0 Å². The zero-order valence-corrected chi connectivity index (χ0v) is 19.3. The first-order valence-electron chi connectivity index (χ1n) is 10.8. The monoisotopic (exact) mass is 538 g/mol. The van der Waals surface area contributed by atoms with Gasteiger partial charge in [0.25, 0.3) is 11.8 Å². The summed E-state index contributed by atoms with van der Waals surface area (Å²) in [7, 11) is 0. The van der Waals surface area contributed by atoms with Gasteiger partial charge in [0, 0.05) is 21.7 Å². The van der Waals surface area contributed by atoms with E-state index in [0.29, 0.717) is 25.3 Å². The van der Waals surface area contributed by atoms with E-state index in [1.807, 2.05) is 0 Å². The zero-order chi connectivity index (χ0) is 26.5. The number of alkyl halides is 3. The number of carbonyl (C=O) groups excluding carboxylic acids is 2. The van der Waals surface area contributed by atoms with E-state index in [1.165, 1.54) is 12.3 Å². The summed E-state index contributed by atoms with van der Waals surface area (Å²) in [6.07, 6.45) is -3.68. The largest absolute Gasteiger partial charge is 0.416 e. The summed E-state index contributed by atoms with van der Waals surface area (Å²) >= 11 is 6.28. The van der Waals surface area contributed by atoms with Crippen LogP contribution in [0.2, 0.25) is 5.02 Å². The standard InChI is InChI=1S/C24H16ClF5N4O3/c25-16-2-1-12(26)6-15(16)20-18-17(7-31-21(19(18)23(36)34-20)32-14-8-37-9-14)33-22(35)10-3-11(24(28,29)30)5-13(27)4-10/h1-7,14,20H,8-9H2,(H,31,32)(H,33,35)(H,34,36). The Bertz CT molecular complexity index is 1430. The van der Waals surface area contributed by atoms with E-state index in [0.717, 1.165) is 12.1 Å². The molecule has 2 aromatic carbocycles. The summed E-state index contributed by atoms with van der Waals surface area (Å²) in [4.78, 5) is 30.1. The Morgan fingerprint density at radius 1 is 1.11 bits per heavy atom. The zero-order valence-electron chi connectivity index (χ0n) is 18.6. The number of aromatic nitrogens is 1. The first-order chi connectivity index (χ1) is 17.5. The Labute approximate surface area is 211 Å². The van der Waals surface area contributed by atoms with Gasteiger partial charge in [0.15, 0.2) is 0 Å². The highest BCUT2D eigenvalue weighted by Gasteiger charge is 2.38. The van der Waals surface area contributed by atoms with Crippen molar-refractivity contribution in [1.29, 1.82) is 0 Å². The van der Waals surface area contributed by atoms with Gasteiger partial charge < -0.3 is 20.7 Å². The topological polar surface area (TPSA) is 92.3 Å². The second-order valence-corrected chi connectivity index (χ2v) is 8.85. The van der Waals surface area contributed by atoms with Crippen molar-refractivity contribution in [2.24, 2.45) is 0 Å². The molecule has 1 fully saturated rings. The predicted molar refractivity (Wildman–Crippen MR) is 123 cm³/mol. The maximum absolute atomic E-state index is 14.1. The number of hydrogen-bond donors (Lipinski definition) is 3. The molecule has 3 heterocycles. The third-order valence-electron chi connectivity index (χ3n) is 5.89. The quantitative estimate of drug-likeness (QED) is 0.401. The van der Waals surface area contributed by atoms with Crippen molar-refractivity contribution in [2.75, 3.05) is 23.8 Å². The molecule has 1 saturated heterocycles. The van der Waals surface area contributed by atoms with Crippen molar-refractivity contribution < 1.29 is 36.3 Å². The maximum atomic E-state index is 14.1. The Morgan fingerprint density at radius 2 is 1.86 bits per heavy atom. The predicted octanol–water partition coefficient (Wildman–Crippen LogP) is 4.93. The van der Waals surface area contributed by atoms with Crippen molar-refractivity contribution in [3.05, 3.63) is 87.1 Å². The molecule has 7 nitrogen and oxygen atoms in total. The van der Waals surface area contributed by atoms with Crippen molar-refractivity contribution in [1.82, 2.24) is 10.3 Å². The molecule has 13 heteroatoms. The van der Waals surface area contributed by atoms with Crippen LogP contribution in [0.5, 0.6) is 0 Å². The average Bonchev–Trinajstić information content (AvgIpc) is 3.15. The lowest BCUT2D eigenvalue weighted by atomic mass is 9.97. The Morgan fingerprint density at radius 3 is 2.54 bits per heavy atom. The van der Waals surface area contributed by atoms with Crippen LogP contribution in [0.3, 0.4) is 0 Å². The summed E-state index contributed by atoms with van der Waals surface area (Å²) < 4.78 is 72.5. The molecule has 0 saturated carbocycles. The number of ether oxygens (including phenoxy) is 1. The van der Waals surface area contributed by atoms with Gasteiger partial charge in [-0.05, 0) is 36.4 Å². The lowest BCUT2D eigenvalue weighted by molar-refractivity contribution is -0.137. The van der Waals surface area contributed by atoms with E-state index in [2.05, 4.69) is 20.9 Å². The highest BCUT2D eigenvalue weighted by Crippen LogP contribution is 2.42. The third kappa shape index (κ3) is 4.81. The number of benzene rings is 2. The van der Waals surface area contributed by atoms with Gasteiger partial charge in [-0.3, -0.25) is 9.59 Å². The molecule has 3 N–H and O–H groups in total. The highest BCUT2D eigenvalue weighted by atomic mass is 35.5. The maximum Gasteiger partial charge on any atom is 0.416 e. The van der Waals surface area contributed by atoms with Gasteiger partial charge >= 0.3 is 6.18 Å². The number of halogens is 6. The average molecular weight is 539 g/mol. The summed E-state index contributed by atoms with van der Waals surface area (Å²) in [5.74, 6) is -3.40. The van der Waals surface area contributed by atoms with E-state index < -0.39 is 46.8 Å². The minimum atomic E-state index is -4.88. The van der Waals surface area contributed by atoms with Crippen LogP contribution in [0.4, 0.5) is 33.5 Å². The molecular formula is C24H16ClF5N4O3. The first-order valence-corrected chi connectivity index (χ1v) is 11.2. The van der Waals surface area contributed by atoms with Crippen LogP contribution in [-0.4, -0.2) is 36.1 Å². The molecular weight excluding hydrogens is 523 g/mol. The summed E-state index contributed by atoms with van der Waals surface area (Å²) in [6.45, 7) is 0.744. The number of nitrogens with one attached hydrogen (secondary N) is 3. The van der Waals surface area contributed by atoms with Crippen LogP contribution in [0, 0.1) is 11.6 Å². The SMILES string of the molecule is O=C(Nc1cnc(NC2COC2)c2c1C(c1cc(F)ccc1Cl)NC2=O)c1cc(F)cc(C(F)(F)F)c1. The molecule has 1 atom stereocenters. The number of nitrogens with zero attached hydrogens (tertiary/aromatic N) is 1. The minimum absolute atomic E-state index is 0.0326. The minimum Gasteiger partial charge on any atom is -0.377 e. The normalized spacial score (nSPS) is 17.1. The lowest BCUT2D eigenvalue weighted by Gasteiger charge is -2.28. The Balaban J connectivity index is 1.59. The first kappa shape index (κ1) is 24.9. The van der Waals surface area contributed by atoms with E-state index in [4.69, 9.17) is 16.3 Å². The van der Waals surface area contributed by atoms with Gasteiger partial charge in [-0.25, -0.2) is 13.8 Å². The van der Waals surface area contributed by atoms with E-state index in [-0.39, 0.29) is 45.3 Å². The van der Waals surface area contributed by atoms with Crippen LogP contribution in [0.15, 0.2) is 42.6 Å². The van der Waals surface area contributed by atoms with Gasteiger partial charge in [-0.2, -0.15) is 13.2 Å². The highest BCUT2D eigenvalue weighted by molar-refractivity contribution is 6.31. The van der Waals surface area contributed by atoms with Crippen LogP contribution in [0.1, 0.15) is 43.4 Å². The molecule has 192 valence electrons. The Kier molecular flexibility index (Phi) is 6.24. The van der Waals surface area contributed by atoms with E-state index in [1.54, 1.807) is 0 Å².